The third-order valence-corrected chi connectivity index (χ3v) is 5.08. The Morgan fingerprint density at radius 2 is 2.12 bits per heavy atom. The largest absolute Gasteiger partial charge is 0.330 e. The van der Waals surface area contributed by atoms with Crippen LogP contribution >= 0.6 is 0 Å². The van der Waals surface area contributed by atoms with Crippen molar-refractivity contribution in [1.82, 2.24) is 8.61 Å². The molecule has 0 aromatic rings. The number of hydrogen-bond acceptors (Lipinski definition) is 3. The van der Waals surface area contributed by atoms with E-state index in [0.717, 1.165) is 12.8 Å². The van der Waals surface area contributed by atoms with Crippen LogP contribution in [0.5, 0.6) is 0 Å². The Hall–Kier alpha value is -0.170. The van der Waals surface area contributed by atoms with Crippen LogP contribution < -0.4 is 5.73 Å². The van der Waals surface area contributed by atoms with Crippen LogP contribution in [-0.2, 0) is 10.2 Å². The molecule has 1 aliphatic heterocycles. The zero-order chi connectivity index (χ0) is 13.1. The van der Waals surface area contributed by atoms with Crippen molar-refractivity contribution in [3.8, 4) is 0 Å². The molecule has 5 nitrogen and oxygen atoms in total. The van der Waals surface area contributed by atoms with Crippen LogP contribution in [0, 0.1) is 11.8 Å². The Kier molecular flexibility index (Phi) is 5.37. The number of piperidine rings is 1. The average Bonchev–Trinajstić information content (AvgIpc) is 2.28. The maximum atomic E-state index is 12.3. The zero-order valence-corrected chi connectivity index (χ0v) is 11.9. The summed E-state index contributed by atoms with van der Waals surface area (Å²) in [5, 5.41) is 0. The Balaban J connectivity index is 2.69. The van der Waals surface area contributed by atoms with Crippen molar-refractivity contribution in [3.63, 3.8) is 0 Å². The summed E-state index contributed by atoms with van der Waals surface area (Å²) in [5.41, 5.74) is 5.63. The third-order valence-electron chi connectivity index (χ3n) is 3.16. The van der Waals surface area contributed by atoms with Gasteiger partial charge in [-0.15, -0.1) is 0 Å². The Morgan fingerprint density at radius 3 is 2.65 bits per heavy atom. The molecule has 1 heterocycles. The molecule has 6 heteroatoms. The van der Waals surface area contributed by atoms with E-state index in [0.29, 0.717) is 38.0 Å². The maximum absolute atomic E-state index is 12.3. The lowest BCUT2D eigenvalue weighted by atomic mass is 10.0. The summed E-state index contributed by atoms with van der Waals surface area (Å²) in [7, 11) is -1.63. The minimum Gasteiger partial charge on any atom is -0.330 e. The molecule has 0 aromatic carbocycles. The van der Waals surface area contributed by atoms with Crippen LogP contribution in [0.1, 0.15) is 26.7 Å². The molecular formula is C11H25N3O2S. The molecule has 0 aliphatic carbocycles. The molecule has 1 rings (SSSR count). The van der Waals surface area contributed by atoms with E-state index in [4.69, 9.17) is 5.73 Å². The molecule has 0 radical (unpaired) electrons. The van der Waals surface area contributed by atoms with Crippen LogP contribution in [0.2, 0.25) is 0 Å². The van der Waals surface area contributed by atoms with Gasteiger partial charge in [-0.25, -0.2) is 0 Å². The number of nitrogens with two attached hydrogens (primary N) is 1. The van der Waals surface area contributed by atoms with Gasteiger partial charge in [0.15, 0.2) is 0 Å². The minimum absolute atomic E-state index is 0.311. The second-order valence-electron chi connectivity index (χ2n) is 5.28. The summed E-state index contributed by atoms with van der Waals surface area (Å²) in [6.07, 6.45) is 1.95. The van der Waals surface area contributed by atoms with Crippen LogP contribution in [-0.4, -0.2) is 50.3 Å². The van der Waals surface area contributed by atoms with E-state index >= 15 is 0 Å². The molecule has 0 spiro atoms. The van der Waals surface area contributed by atoms with Crippen molar-refractivity contribution >= 4 is 10.2 Å². The summed E-state index contributed by atoms with van der Waals surface area (Å²) in [6, 6.07) is 0. The highest BCUT2D eigenvalue weighted by molar-refractivity contribution is 7.86. The van der Waals surface area contributed by atoms with Gasteiger partial charge in [-0.1, -0.05) is 13.8 Å². The van der Waals surface area contributed by atoms with Gasteiger partial charge in [0.2, 0.25) is 0 Å². The molecule has 0 amide bonds. The van der Waals surface area contributed by atoms with Gasteiger partial charge in [0.25, 0.3) is 10.2 Å². The van der Waals surface area contributed by atoms with E-state index in [1.165, 1.54) is 4.31 Å². The summed E-state index contributed by atoms with van der Waals surface area (Å²) in [4.78, 5) is 0. The molecule has 2 N–H and O–H groups in total. The lowest BCUT2D eigenvalue weighted by molar-refractivity contribution is 0.252. The van der Waals surface area contributed by atoms with Crippen LogP contribution in [0.25, 0.3) is 0 Å². The standard InChI is InChI=1S/C11H25N3O2S/c1-10(2)8-13(3)17(15,16)14-6-4-5-11(7-12)9-14/h10-11H,4-9,12H2,1-3H3. The topological polar surface area (TPSA) is 66.6 Å². The smallest absolute Gasteiger partial charge is 0.281 e. The summed E-state index contributed by atoms with van der Waals surface area (Å²) in [6.45, 7) is 6.37. The first kappa shape index (κ1) is 14.9. The van der Waals surface area contributed by atoms with Crippen molar-refractivity contribution in [2.45, 2.75) is 26.7 Å². The highest BCUT2D eigenvalue weighted by Crippen LogP contribution is 2.20. The summed E-state index contributed by atoms with van der Waals surface area (Å²) >= 11 is 0. The highest BCUT2D eigenvalue weighted by Gasteiger charge is 2.31. The van der Waals surface area contributed by atoms with Crippen LogP contribution in [0.4, 0.5) is 0 Å². The summed E-state index contributed by atoms with van der Waals surface area (Å²) < 4.78 is 27.6. The lowest BCUT2D eigenvalue weighted by Gasteiger charge is -2.34. The van der Waals surface area contributed by atoms with Gasteiger partial charge in [-0.3, -0.25) is 0 Å². The molecule has 17 heavy (non-hydrogen) atoms. The molecule has 0 aromatic heterocycles. The van der Waals surface area contributed by atoms with Crippen molar-refractivity contribution in [1.29, 1.82) is 0 Å². The second-order valence-corrected chi connectivity index (χ2v) is 7.32. The first-order chi connectivity index (χ1) is 7.87. The minimum atomic E-state index is -3.29. The van der Waals surface area contributed by atoms with Gasteiger partial charge in [0.1, 0.15) is 0 Å². The summed E-state index contributed by atoms with van der Waals surface area (Å²) in [5.74, 6) is 0.649. The molecule has 0 saturated carbocycles. The van der Waals surface area contributed by atoms with Crippen molar-refractivity contribution in [2.24, 2.45) is 17.6 Å². The predicted octanol–water partition coefficient (Wildman–Crippen LogP) is 0.490. The molecule has 1 atom stereocenters. The molecule has 1 aliphatic rings. The van der Waals surface area contributed by atoms with Gasteiger partial charge in [0.05, 0.1) is 0 Å². The number of nitrogens with zero attached hydrogens (tertiary/aromatic N) is 2. The zero-order valence-electron chi connectivity index (χ0n) is 11.1. The molecule has 1 saturated heterocycles. The molecule has 102 valence electrons. The van der Waals surface area contributed by atoms with Gasteiger partial charge in [0, 0.05) is 26.7 Å². The molecule has 0 bridgehead atoms. The van der Waals surface area contributed by atoms with Crippen molar-refractivity contribution in [2.75, 3.05) is 33.2 Å². The van der Waals surface area contributed by atoms with Crippen LogP contribution in [0.3, 0.4) is 0 Å². The third kappa shape index (κ3) is 3.91. The van der Waals surface area contributed by atoms with E-state index in [9.17, 15) is 8.42 Å². The quantitative estimate of drug-likeness (QED) is 0.785. The van der Waals surface area contributed by atoms with E-state index < -0.39 is 10.2 Å². The van der Waals surface area contributed by atoms with Crippen molar-refractivity contribution in [3.05, 3.63) is 0 Å². The van der Waals surface area contributed by atoms with E-state index in [-0.39, 0.29) is 0 Å². The normalized spacial score (nSPS) is 23.5. The van der Waals surface area contributed by atoms with E-state index in [2.05, 4.69) is 0 Å². The van der Waals surface area contributed by atoms with E-state index in [1.807, 2.05) is 13.8 Å². The fourth-order valence-electron chi connectivity index (χ4n) is 2.23. The Labute approximate surface area is 105 Å². The average molecular weight is 263 g/mol. The Bertz CT molecular complexity index is 330. The van der Waals surface area contributed by atoms with Crippen molar-refractivity contribution < 1.29 is 8.42 Å². The van der Waals surface area contributed by atoms with Gasteiger partial charge >= 0.3 is 0 Å². The van der Waals surface area contributed by atoms with Gasteiger partial charge < -0.3 is 5.73 Å². The van der Waals surface area contributed by atoms with Crippen LogP contribution in [0.15, 0.2) is 0 Å². The number of hydrogen-bond donors (Lipinski definition) is 1. The van der Waals surface area contributed by atoms with Gasteiger partial charge in [-0.2, -0.15) is 17.0 Å². The monoisotopic (exact) mass is 263 g/mol. The van der Waals surface area contributed by atoms with Gasteiger partial charge in [-0.05, 0) is 31.2 Å². The highest BCUT2D eigenvalue weighted by atomic mass is 32.2. The first-order valence-corrected chi connectivity index (χ1v) is 7.69. The fourth-order valence-corrected chi connectivity index (χ4v) is 3.87. The maximum Gasteiger partial charge on any atom is 0.281 e. The van der Waals surface area contributed by atoms with E-state index in [1.54, 1.807) is 11.4 Å². The number of rotatable bonds is 5. The molecule has 1 unspecified atom stereocenters. The second kappa shape index (κ2) is 6.13. The SMILES string of the molecule is CC(C)CN(C)S(=O)(=O)N1CCCC(CN)C1. The molecular weight excluding hydrogens is 238 g/mol. The Morgan fingerprint density at radius 1 is 1.47 bits per heavy atom. The first-order valence-electron chi connectivity index (χ1n) is 6.29. The lowest BCUT2D eigenvalue weighted by Crippen LogP contribution is -2.48. The fraction of sp³-hybridized carbons (Fsp3) is 1.00. The predicted molar refractivity (Wildman–Crippen MR) is 69.7 cm³/mol. The molecule has 1 fully saturated rings.